The molecule has 30 heavy (non-hydrogen) atoms. The Morgan fingerprint density at radius 3 is 2.43 bits per heavy atom. The molecule has 0 aromatic heterocycles. The van der Waals surface area contributed by atoms with Gasteiger partial charge in [0.05, 0.1) is 11.5 Å². The van der Waals surface area contributed by atoms with Gasteiger partial charge in [-0.2, -0.15) is 0 Å². The SMILES string of the molecule is CN(C)Cc1cccc(OCCCN/C(=C/[N+](=O)[O-])NCCCc2ccccc2)c1. The highest BCUT2D eigenvalue weighted by Gasteiger charge is 2.03. The molecule has 0 radical (unpaired) electrons. The quantitative estimate of drug-likeness (QED) is 0.281. The summed E-state index contributed by atoms with van der Waals surface area (Å²) in [5.41, 5.74) is 2.46. The molecule has 0 saturated carbocycles. The normalized spacial score (nSPS) is 11.4. The van der Waals surface area contributed by atoms with Crippen molar-refractivity contribution in [1.29, 1.82) is 0 Å². The number of hydrogen-bond donors (Lipinski definition) is 2. The van der Waals surface area contributed by atoms with E-state index in [0.29, 0.717) is 25.5 Å². The first-order chi connectivity index (χ1) is 14.5. The average Bonchev–Trinajstić information content (AvgIpc) is 2.71. The van der Waals surface area contributed by atoms with Crippen molar-refractivity contribution in [1.82, 2.24) is 15.5 Å². The summed E-state index contributed by atoms with van der Waals surface area (Å²) < 4.78 is 5.81. The predicted molar refractivity (Wildman–Crippen MR) is 120 cm³/mol. The van der Waals surface area contributed by atoms with Crippen molar-refractivity contribution in [3.05, 3.63) is 87.9 Å². The highest BCUT2D eigenvalue weighted by molar-refractivity contribution is 5.28. The number of nitrogens with zero attached hydrogens (tertiary/aromatic N) is 2. The minimum absolute atomic E-state index is 0.432. The van der Waals surface area contributed by atoms with Crippen molar-refractivity contribution < 1.29 is 9.66 Å². The van der Waals surface area contributed by atoms with Gasteiger partial charge in [0.25, 0.3) is 6.20 Å². The molecule has 2 N–H and O–H groups in total. The van der Waals surface area contributed by atoms with Crippen LogP contribution >= 0.6 is 0 Å². The van der Waals surface area contributed by atoms with Crippen molar-refractivity contribution in [3.8, 4) is 5.75 Å². The van der Waals surface area contributed by atoms with Gasteiger partial charge in [0, 0.05) is 19.6 Å². The second-order valence-electron chi connectivity index (χ2n) is 7.36. The van der Waals surface area contributed by atoms with E-state index < -0.39 is 4.92 Å². The molecule has 2 aromatic rings. The van der Waals surface area contributed by atoms with E-state index in [9.17, 15) is 10.1 Å². The average molecular weight is 413 g/mol. The third kappa shape index (κ3) is 9.93. The Hall–Kier alpha value is -3.06. The van der Waals surface area contributed by atoms with Gasteiger partial charge in [0.15, 0.2) is 5.82 Å². The van der Waals surface area contributed by atoms with Gasteiger partial charge in [-0.15, -0.1) is 0 Å². The minimum Gasteiger partial charge on any atom is -0.494 e. The van der Waals surface area contributed by atoms with Crippen LogP contribution < -0.4 is 15.4 Å². The Bertz CT molecular complexity index is 794. The molecule has 0 saturated heterocycles. The first-order valence-electron chi connectivity index (χ1n) is 10.3. The van der Waals surface area contributed by atoms with Crippen LogP contribution in [-0.2, 0) is 13.0 Å². The maximum Gasteiger partial charge on any atom is 0.274 e. The van der Waals surface area contributed by atoms with Crippen LogP contribution in [0.25, 0.3) is 0 Å². The van der Waals surface area contributed by atoms with E-state index in [-0.39, 0.29) is 0 Å². The molecule has 0 unspecified atom stereocenters. The molecule has 7 heteroatoms. The van der Waals surface area contributed by atoms with Crippen LogP contribution in [0.15, 0.2) is 66.6 Å². The molecule has 7 nitrogen and oxygen atoms in total. The zero-order valence-corrected chi connectivity index (χ0v) is 17.8. The van der Waals surface area contributed by atoms with Crippen molar-refractivity contribution in [2.75, 3.05) is 33.8 Å². The number of nitrogens with one attached hydrogen (secondary N) is 2. The van der Waals surface area contributed by atoms with Crippen LogP contribution in [0, 0.1) is 10.1 Å². The summed E-state index contributed by atoms with van der Waals surface area (Å²) in [4.78, 5) is 12.5. The summed E-state index contributed by atoms with van der Waals surface area (Å²) in [6.07, 6.45) is 3.54. The van der Waals surface area contributed by atoms with E-state index >= 15 is 0 Å². The van der Waals surface area contributed by atoms with Crippen molar-refractivity contribution >= 4 is 0 Å². The molecule has 0 aliphatic rings. The zero-order valence-electron chi connectivity index (χ0n) is 17.8. The van der Waals surface area contributed by atoms with Crippen molar-refractivity contribution in [2.24, 2.45) is 0 Å². The number of nitro groups is 1. The molecule has 2 rings (SSSR count). The summed E-state index contributed by atoms with van der Waals surface area (Å²) >= 11 is 0. The van der Waals surface area contributed by atoms with Crippen LogP contribution in [-0.4, -0.2) is 43.6 Å². The van der Waals surface area contributed by atoms with E-state index in [0.717, 1.165) is 37.8 Å². The van der Waals surface area contributed by atoms with Gasteiger partial charge in [-0.1, -0.05) is 42.5 Å². The largest absolute Gasteiger partial charge is 0.494 e. The minimum atomic E-state index is -0.445. The van der Waals surface area contributed by atoms with Crippen LogP contribution in [0.4, 0.5) is 0 Å². The highest BCUT2D eigenvalue weighted by Crippen LogP contribution is 2.14. The molecular weight excluding hydrogens is 380 g/mol. The van der Waals surface area contributed by atoms with Gasteiger partial charge >= 0.3 is 0 Å². The molecule has 0 spiro atoms. The molecule has 0 aliphatic carbocycles. The first-order valence-corrected chi connectivity index (χ1v) is 10.3. The van der Waals surface area contributed by atoms with Crippen LogP contribution in [0.3, 0.4) is 0 Å². The number of aryl methyl sites for hydroxylation is 1. The maximum atomic E-state index is 10.9. The fourth-order valence-corrected chi connectivity index (χ4v) is 3.00. The third-order valence-corrected chi connectivity index (χ3v) is 4.34. The van der Waals surface area contributed by atoms with Crippen LogP contribution in [0.5, 0.6) is 5.75 Å². The molecule has 0 aliphatic heterocycles. The van der Waals surface area contributed by atoms with Crippen molar-refractivity contribution in [2.45, 2.75) is 25.8 Å². The molecule has 0 amide bonds. The standard InChI is InChI=1S/C23H32N4O3/c1-26(2)18-21-11-6-13-22(17-21)30-16-8-15-25-23(19-27(28)29)24-14-7-12-20-9-4-3-5-10-20/h3-6,9-11,13,17,19,24-25H,7-8,12,14-16,18H2,1-2H3/b23-19+. The smallest absolute Gasteiger partial charge is 0.274 e. The van der Waals surface area contributed by atoms with E-state index in [1.165, 1.54) is 11.1 Å². The Morgan fingerprint density at radius 2 is 1.73 bits per heavy atom. The molecule has 2 aromatic carbocycles. The Labute approximate surface area is 178 Å². The predicted octanol–water partition coefficient (Wildman–Crippen LogP) is 3.40. The monoisotopic (exact) mass is 412 g/mol. The lowest BCUT2D eigenvalue weighted by atomic mass is 10.1. The zero-order chi connectivity index (χ0) is 21.6. The van der Waals surface area contributed by atoms with Crippen LogP contribution in [0.2, 0.25) is 0 Å². The van der Waals surface area contributed by atoms with Gasteiger partial charge in [-0.05, 0) is 56.6 Å². The number of rotatable bonds is 14. The summed E-state index contributed by atoms with van der Waals surface area (Å²) in [5.74, 6) is 1.27. The molecule has 0 heterocycles. The van der Waals surface area contributed by atoms with E-state index in [1.807, 2.05) is 50.5 Å². The van der Waals surface area contributed by atoms with E-state index in [4.69, 9.17) is 4.74 Å². The van der Waals surface area contributed by atoms with Gasteiger partial charge in [-0.3, -0.25) is 10.1 Å². The third-order valence-electron chi connectivity index (χ3n) is 4.34. The molecule has 162 valence electrons. The Balaban J connectivity index is 1.67. The second-order valence-corrected chi connectivity index (χ2v) is 7.36. The van der Waals surface area contributed by atoms with Gasteiger partial charge in [0.1, 0.15) is 5.75 Å². The lowest BCUT2D eigenvalue weighted by Gasteiger charge is -2.13. The maximum absolute atomic E-state index is 10.9. The Kier molecular flexibility index (Phi) is 10.2. The molecular formula is C23H32N4O3. The summed E-state index contributed by atoms with van der Waals surface area (Å²) in [7, 11) is 4.07. The lowest BCUT2D eigenvalue weighted by Crippen LogP contribution is -2.29. The van der Waals surface area contributed by atoms with Gasteiger partial charge in [0.2, 0.25) is 0 Å². The van der Waals surface area contributed by atoms with Gasteiger partial charge in [-0.25, -0.2) is 0 Å². The number of hydrogen-bond acceptors (Lipinski definition) is 6. The summed E-state index contributed by atoms with van der Waals surface area (Å²) in [6, 6.07) is 18.2. The second kappa shape index (κ2) is 13.2. The topological polar surface area (TPSA) is 79.7 Å². The fourth-order valence-electron chi connectivity index (χ4n) is 3.00. The van der Waals surface area contributed by atoms with Crippen molar-refractivity contribution in [3.63, 3.8) is 0 Å². The summed E-state index contributed by atoms with van der Waals surface area (Å²) in [6.45, 7) is 2.65. The summed E-state index contributed by atoms with van der Waals surface area (Å²) in [5, 5.41) is 17.1. The molecule has 0 fully saturated rings. The number of benzene rings is 2. The number of ether oxygens (including phenoxy) is 1. The molecule has 0 bridgehead atoms. The highest BCUT2D eigenvalue weighted by atomic mass is 16.6. The van der Waals surface area contributed by atoms with Gasteiger partial charge < -0.3 is 20.3 Å². The molecule has 0 atom stereocenters. The lowest BCUT2D eigenvalue weighted by molar-refractivity contribution is -0.404. The van der Waals surface area contributed by atoms with Crippen LogP contribution in [0.1, 0.15) is 24.0 Å². The van der Waals surface area contributed by atoms with E-state index in [2.05, 4.69) is 33.7 Å². The first kappa shape index (κ1) is 23.2. The fraction of sp³-hybridized carbons (Fsp3) is 0.391. The Morgan fingerprint density at radius 1 is 1.03 bits per heavy atom. The van der Waals surface area contributed by atoms with E-state index in [1.54, 1.807) is 0 Å².